The van der Waals surface area contributed by atoms with Gasteiger partial charge in [0, 0.05) is 6.54 Å². The lowest BCUT2D eigenvalue weighted by Crippen LogP contribution is -2.18. The molecule has 3 nitrogen and oxygen atoms in total. The van der Waals surface area contributed by atoms with Crippen LogP contribution in [-0.2, 0) is 9.09 Å². The highest BCUT2D eigenvalue weighted by atomic mass is 31.1. The Bertz CT molecular complexity index is 72.3. The lowest BCUT2D eigenvalue weighted by molar-refractivity contribution is 0.215. The molecule has 0 aliphatic rings. The summed E-state index contributed by atoms with van der Waals surface area (Å²) < 4.78 is 25.6. The van der Waals surface area contributed by atoms with Gasteiger partial charge in [-0.25, -0.2) is 8.96 Å². The van der Waals surface area contributed by atoms with Crippen molar-refractivity contribution in [3.05, 3.63) is 0 Å². The fourth-order valence-electron chi connectivity index (χ4n) is 0.179. The Hall–Kier alpha value is -0.0500. The summed E-state index contributed by atoms with van der Waals surface area (Å²) in [7, 11) is -0.496. The predicted molar refractivity (Wildman–Crippen MR) is 27.5 cm³/mol. The van der Waals surface area contributed by atoms with Crippen LogP contribution in [0.5, 0.6) is 0 Å². The van der Waals surface area contributed by atoms with Gasteiger partial charge in [0.25, 0.3) is 0 Å². The van der Waals surface area contributed by atoms with Crippen LogP contribution < -0.4 is 5.73 Å². The average Bonchev–Trinajstić information content (AvgIpc) is 1.83. The van der Waals surface area contributed by atoms with Gasteiger partial charge in [0.15, 0.2) is 0 Å². The molecule has 2 N–H and O–H groups in total. The smallest absolute Gasteiger partial charge is 0.327 e. The van der Waals surface area contributed by atoms with E-state index in [1.54, 1.807) is 0 Å². The first-order chi connectivity index (χ1) is 3.81. The molecule has 0 radical (unpaired) electrons. The molecule has 1 unspecified atom stereocenters. The molecule has 0 spiro atoms. The zero-order valence-corrected chi connectivity index (χ0v) is 5.11. The van der Waals surface area contributed by atoms with E-state index >= 15 is 0 Å². The molecular weight excluding hydrogens is 132 g/mol. The topological polar surface area (TPSA) is 52.3 Å². The van der Waals surface area contributed by atoms with E-state index in [2.05, 4.69) is 4.52 Å². The molecule has 0 aliphatic carbocycles. The van der Waals surface area contributed by atoms with Crippen molar-refractivity contribution in [1.82, 2.24) is 0 Å². The van der Waals surface area contributed by atoms with Crippen molar-refractivity contribution in [2.75, 3.05) is 13.2 Å². The van der Waals surface area contributed by atoms with Crippen LogP contribution in [0.2, 0.25) is 0 Å². The van der Waals surface area contributed by atoms with Crippen LogP contribution in [0.3, 0.4) is 0 Å². The van der Waals surface area contributed by atoms with Gasteiger partial charge in [-0.3, -0.25) is 4.52 Å². The van der Waals surface area contributed by atoms with E-state index in [9.17, 15) is 8.96 Å². The average molecular weight is 139 g/mol. The Kier molecular flexibility index (Phi) is 5.06. The molecule has 0 aromatic rings. The van der Waals surface area contributed by atoms with Crippen LogP contribution in [0, 0.1) is 0 Å². The molecule has 0 aromatic heterocycles. The molecule has 0 aromatic carbocycles. The van der Waals surface area contributed by atoms with Gasteiger partial charge in [-0.1, -0.05) is 0 Å². The molecule has 0 fully saturated rings. The Morgan fingerprint density at radius 1 is 1.88 bits per heavy atom. The zero-order chi connectivity index (χ0) is 6.41. The zero-order valence-electron chi connectivity index (χ0n) is 4.21. The van der Waals surface area contributed by atoms with Crippen LogP contribution >= 0.6 is 8.69 Å². The summed E-state index contributed by atoms with van der Waals surface area (Å²) in [6.07, 6.45) is -1.20. The van der Waals surface area contributed by atoms with E-state index in [-0.39, 0.29) is 13.2 Å². The third-order valence-electron chi connectivity index (χ3n) is 0.564. The number of nitrogens with two attached hydrogens (primary N) is 1. The maximum Gasteiger partial charge on any atom is 0.327 e. The largest absolute Gasteiger partial charge is 0.328 e. The Balaban J connectivity index is 2.97. The minimum absolute atomic E-state index is 0.0878. The third-order valence-corrected chi connectivity index (χ3v) is 0.818. The Morgan fingerprint density at radius 2 is 2.50 bits per heavy atom. The highest BCUT2D eigenvalue weighted by Gasteiger charge is 2.01. The van der Waals surface area contributed by atoms with Gasteiger partial charge in [0.1, 0.15) is 6.17 Å². The third kappa shape index (κ3) is 4.12. The fourth-order valence-corrected chi connectivity index (χ4v) is 0.402. The maximum absolute atomic E-state index is 11.9. The van der Waals surface area contributed by atoms with Gasteiger partial charge in [-0.15, -0.1) is 0 Å². The summed E-state index contributed by atoms with van der Waals surface area (Å²) in [6, 6.07) is 0. The second-order valence-corrected chi connectivity index (χ2v) is 1.61. The summed E-state index contributed by atoms with van der Waals surface area (Å²) >= 11 is 0. The highest BCUT2D eigenvalue weighted by molar-refractivity contribution is 7.17. The number of hydrogen-bond donors (Lipinski definition) is 1. The summed E-state index contributed by atoms with van der Waals surface area (Å²) in [6.45, 7) is -0.281. The van der Waals surface area contributed by atoms with E-state index in [0.29, 0.717) is 0 Å². The van der Waals surface area contributed by atoms with Crippen LogP contribution in [0.15, 0.2) is 0 Å². The second kappa shape index (κ2) is 5.09. The Labute approximate surface area is 48.3 Å². The van der Waals surface area contributed by atoms with Crippen molar-refractivity contribution in [3.63, 3.8) is 0 Å². The van der Waals surface area contributed by atoms with Crippen molar-refractivity contribution < 1.29 is 13.5 Å². The monoisotopic (exact) mass is 139 g/mol. The normalized spacial score (nSPS) is 14.2. The van der Waals surface area contributed by atoms with Crippen molar-refractivity contribution in [3.8, 4) is 0 Å². The van der Waals surface area contributed by atoms with E-state index in [0.717, 1.165) is 0 Å². The fraction of sp³-hybridized carbons (Fsp3) is 1.00. The summed E-state index contributed by atoms with van der Waals surface area (Å²) in [5.41, 5.74) is 4.85. The molecule has 0 rings (SSSR count). The molecule has 0 saturated carbocycles. The molecule has 0 saturated heterocycles. The van der Waals surface area contributed by atoms with E-state index in [1.807, 2.05) is 0 Å². The Morgan fingerprint density at radius 3 is 2.88 bits per heavy atom. The minimum Gasteiger partial charge on any atom is -0.328 e. The quantitative estimate of drug-likeness (QED) is 0.577. The van der Waals surface area contributed by atoms with Crippen LogP contribution in [0.4, 0.5) is 4.39 Å². The van der Waals surface area contributed by atoms with E-state index in [1.165, 1.54) is 0 Å². The molecule has 0 bridgehead atoms. The van der Waals surface area contributed by atoms with Crippen LogP contribution in [-0.4, -0.2) is 19.3 Å². The number of rotatable bonds is 4. The first kappa shape index (κ1) is 7.95. The lowest BCUT2D eigenvalue weighted by Gasteiger charge is -1.97. The molecule has 1 atom stereocenters. The van der Waals surface area contributed by atoms with Crippen molar-refractivity contribution >= 4 is 8.69 Å². The van der Waals surface area contributed by atoms with Gasteiger partial charge < -0.3 is 5.73 Å². The van der Waals surface area contributed by atoms with Gasteiger partial charge >= 0.3 is 8.69 Å². The molecule has 0 aliphatic heterocycles. The number of alkyl halides is 1. The SMILES string of the molecule is NCC(F)COP=O. The molecule has 0 amide bonds. The van der Waals surface area contributed by atoms with Gasteiger partial charge in [0.2, 0.25) is 0 Å². The van der Waals surface area contributed by atoms with Crippen molar-refractivity contribution in [1.29, 1.82) is 0 Å². The minimum atomic E-state index is -1.20. The first-order valence-electron chi connectivity index (χ1n) is 2.10. The van der Waals surface area contributed by atoms with Crippen molar-refractivity contribution in [2.24, 2.45) is 5.73 Å². The van der Waals surface area contributed by atoms with Gasteiger partial charge in [0.05, 0.1) is 6.61 Å². The number of hydrogen-bond acceptors (Lipinski definition) is 3. The molecule has 0 heterocycles. The van der Waals surface area contributed by atoms with Crippen molar-refractivity contribution in [2.45, 2.75) is 6.17 Å². The van der Waals surface area contributed by atoms with Crippen LogP contribution in [0.1, 0.15) is 0 Å². The standard InChI is InChI=1S/C3H7FNO2P/c4-3(1-5)2-7-8-6/h3H,1-2,5H2. The first-order valence-corrected chi connectivity index (χ1v) is 2.83. The second-order valence-electron chi connectivity index (χ2n) is 1.20. The van der Waals surface area contributed by atoms with E-state index in [4.69, 9.17) is 5.73 Å². The van der Waals surface area contributed by atoms with E-state index < -0.39 is 14.9 Å². The molecule has 48 valence electrons. The molecule has 5 heteroatoms. The summed E-state index contributed by atoms with van der Waals surface area (Å²) in [5, 5.41) is 0. The molecule has 8 heavy (non-hydrogen) atoms. The summed E-state index contributed by atoms with van der Waals surface area (Å²) in [4.78, 5) is 0. The lowest BCUT2D eigenvalue weighted by atomic mass is 10.4. The van der Waals surface area contributed by atoms with Gasteiger partial charge in [-0.05, 0) is 0 Å². The van der Waals surface area contributed by atoms with Crippen LogP contribution in [0.25, 0.3) is 0 Å². The molecular formula is C3H7FNO2P. The summed E-state index contributed by atoms with van der Waals surface area (Å²) in [5.74, 6) is 0. The van der Waals surface area contributed by atoms with Gasteiger partial charge in [-0.2, -0.15) is 0 Å². The number of halogens is 1. The highest BCUT2D eigenvalue weighted by Crippen LogP contribution is 1.97. The predicted octanol–water partition coefficient (Wildman–Crippen LogP) is 0.506. The maximum atomic E-state index is 11.9.